The van der Waals surface area contributed by atoms with Gasteiger partial charge in [0.2, 0.25) is 0 Å². The molecule has 0 aliphatic heterocycles. The molecule has 7 nitrogen and oxygen atoms in total. The van der Waals surface area contributed by atoms with Crippen molar-refractivity contribution >= 4 is 17.7 Å². The van der Waals surface area contributed by atoms with Crippen LogP contribution in [0.1, 0.15) is 10.4 Å². The van der Waals surface area contributed by atoms with E-state index in [0.29, 0.717) is 17.0 Å². The smallest absolute Gasteiger partial charge is 0.431 e. The number of hydrogen-bond donors (Lipinski definition) is 2. The summed E-state index contributed by atoms with van der Waals surface area (Å²) < 4.78 is 5.05. The molecule has 7 heteroatoms. The first-order chi connectivity index (χ1) is 13.1. The molecule has 0 radical (unpaired) electrons. The van der Waals surface area contributed by atoms with Gasteiger partial charge in [0.15, 0.2) is 0 Å². The van der Waals surface area contributed by atoms with Gasteiger partial charge in [-0.1, -0.05) is 12.1 Å². The molecule has 0 unspecified atom stereocenters. The van der Waals surface area contributed by atoms with Gasteiger partial charge >= 0.3 is 6.09 Å². The lowest BCUT2D eigenvalue weighted by Crippen LogP contribution is -2.45. The van der Waals surface area contributed by atoms with Crippen molar-refractivity contribution in [1.82, 2.24) is 10.4 Å². The maximum absolute atomic E-state index is 12.4. The Morgan fingerprint density at radius 2 is 1.52 bits per heavy atom. The van der Waals surface area contributed by atoms with E-state index in [2.05, 4.69) is 10.4 Å². The van der Waals surface area contributed by atoms with Gasteiger partial charge in [0.1, 0.15) is 5.75 Å². The topological polar surface area (TPSA) is 91.8 Å². The highest BCUT2D eigenvalue weighted by atomic mass is 16.5. The van der Waals surface area contributed by atoms with E-state index in [1.807, 2.05) is 12.1 Å². The van der Waals surface area contributed by atoms with Crippen LogP contribution in [0, 0.1) is 0 Å². The molecule has 27 heavy (non-hydrogen) atoms. The first-order valence-corrected chi connectivity index (χ1v) is 8.07. The summed E-state index contributed by atoms with van der Waals surface area (Å²) in [6.07, 6.45) is 2.07. The van der Waals surface area contributed by atoms with E-state index in [0.717, 1.165) is 16.1 Å². The van der Waals surface area contributed by atoms with E-state index in [1.54, 1.807) is 60.9 Å². The SMILES string of the molecule is COc1ccc(C(=O)NN(C(=O)O)c2ccc(-c3ccncc3)cc2)cc1. The van der Waals surface area contributed by atoms with Crippen LogP contribution in [0.5, 0.6) is 5.75 Å². The Balaban J connectivity index is 1.78. The van der Waals surface area contributed by atoms with Crippen LogP contribution in [0.2, 0.25) is 0 Å². The molecular formula is C20H17N3O4. The average molecular weight is 363 g/mol. The van der Waals surface area contributed by atoms with Gasteiger partial charge in [-0.2, -0.15) is 5.01 Å². The summed E-state index contributed by atoms with van der Waals surface area (Å²) in [5, 5.41) is 10.3. The largest absolute Gasteiger partial charge is 0.497 e. The Hall–Kier alpha value is -3.87. The second kappa shape index (κ2) is 8.01. The Morgan fingerprint density at radius 1 is 0.926 bits per heavy atom. The maximum atomic E-state index is 12.4. The van der Waals surface area contributed by atoms with Crippen LogP contribution in [0.4, 0.5) is 10.5 Å². The van der Waals surface area contributed by atoms with Crippen molar-refractivity contribution in [2.24, 2.45) is 0 Å². The number of rotatable bonds is 4. The molecule has 136 valence electrons. The molecule has 0 bridgehead atoms. The van der Waals surface area contributed by atoms with Crippen LogP contribution in [0.25, 0.3) is 11.1 Å². The molecule has 0 aliphatic carbocycles. The number of hydrazine groups is 1. The molecule has 2 N–H and O–H groups in total. The van der Waals surface area contributed by atoms with Gasteiger partial charge in [0, 0.05) is 18.0 Å². The summed E-state index contributed by atoms with van der Waals surface area (Å²) >= 11 is 0. The number of nitrogens with zero attached hydrogens (tertiary/aromatic N) is 2. The molecule has 3 rings (SSSR count). The molecule has 0 saturated heterocycles. The van der Waals surface area contributed by atoms with E-state index in [9.17, 15) is 14.7 Å². The summed E-state index contributed by atoms with van der Waals surface area (Å²) in [4.78, 5) is 27.9. The van der Waals surface area contributed by atoms with Crippen molar-refractivity contribution in [1.29, 1.82) is 0 Å². The first kappa shape index (κ1) is 17.9. The minimum atomic E-state index is -1.30. The molecule has 1 aromatic heterocycles. The lowest BCUT2D eigenvalue weighted by Gasteiger charge is -2.20. The van der Waals surface area contributed by atoms with Crippen molar-refractivity contribution in [2.45, 2.75) is 0 Å². The molecule has 0 saturated carbocycles. The van der Waals surface area contributed by atoms with Gasteiger partial charge in [-0.25, -0.2) is 4.79 Å². The highest BCUT2D eigenvalue weighted by Crippen LogP contribution is 2.22. The number of carbonyl (C=O) groups is 2. The zero-order valence-corrected chi connectivity index (χ0v) is 14.5. The van der Waals surface area contributed by atoms with Crippen molar-refractivity contribution in [3.63, 3.8) is 0 Å². The number of amides is 2. The lowest BCUT2D eigenvalue weighted by atomic mass is 10.1. The first-order valence-electron chi connectivity index (χ1n) is 8.07. The van der Waals surface area contributed by atoms with Gasteiger partial charge in [0.05, 0.1) is 12.8 Å². The lowest BCUT2D eigenvalue weighted by molar-refractivity contribution is 0.0944. The molecule has 0 fully saturated rings. The van der Waals surface area contributed by atoms with Crippen LogP contribution in [-0.4, -0.2) is 29.2 Å². The molecule has 2 amide bonds. The van der Waals surface area contributed by atoms with Gasteiger partial charge in [0.25, 0.3) is 5.91 Å². The van der Waals surface area contributed by atoms with Crippen molar-refractivity contribution < 1.29 is 19.4 Å². The van der Waals surface area contributed by atoms with E-state index in [1.165, 1.54) is 7.11 Å². The zero-order valence-electron chi connectivity index (χ0n) is 14.5. The Labute approximate surface area is 155 Å². The quantitative estimate of drug-likeness (QED) is 0.691. The Kier molecular flexibility index (Phi) is 5.32. The number of ether oxygens (including phenoxy) is 1. The van der Waals surface area contributed by atoms with Crippen LogP contribution in [0.15, 0.2) is 73.1 Å². The maximum Gasteiger partial charge on any atom is 0.431 e. The predicted molar refractivity (Wildman–Crippen MR) is 101 cm³/mol. The number of aromatic nitrogens is 1. The minimum absolute atomic E-state index is 0.315. The summed E-state index contributed by atoms with van der Waals surface area (Å²) in [5.41, 5.74) is 4.90. The van der Waals surface area contributed by atoms with Crippen LogP contribution in [-0.2, 0) is 0 Å². The van der Waals surface area contributed by atoms with E-state index in [-0.39, 0.29) is 0 Å². The third kappa shape index (κ3) is 4.21. The molecule has 1 heterocycles. The Morgan fingerprint density at radius 3 is 2.07 bits per heavy atom. The number of carboxylic acid groups (broad SMARTS) is 1. The number of benzene rings is 2. The summed E-state index contributed by atoms with van der Waals surface area (Å²) in [7, 11) is 1.52. The van der Waals surface area contributed by atoms with Crippen LogP contribution >= 0.6 is 0 Å². The monoisotopic (exact) mass is 363 g/mol. The fourth-order valence-electron chi connectivity index (χ4n) is 2.48. The third-order valence-electron chi connectivity index (χ3n) is 3.90. The summed E-state index contributed by atoms with van der Waals surface area (Å²) in [6.45, 7) is 0. The number of anilines is 1. The van der Waals surface area contributed by atoms with E-state index < -0.39 is 12.0 Å². The summed E-state index contributed by atoms with van der Waals surface area (Å²) in [5.74, 6) is 0.0617. The minimum Gasteiger partial charge on any atom is -0.497 e. The van der Waals surface area contributed by atoms with Gasteiger partial charge in [-0.05, 0) is 59.7 Å². The number of pyridine rings is 1. The van der Waals surface area contributed by atoms with Crippen LogP contribution < -0.4 is 15.2 Å². The van der Waals surface area contributed by atoms with E-state index in [4.69, 9.17) is 4.74 Å². The zero-order chi connectivity index (χ0) is 19.2. The molecule has 3 aromatic rings. The van der Waals surface area contributed by atoms with Crippen LogP contribution in [0.3, 0.4) is 0 Å². The molecule has 0 spiro atoms. The number of carbonyl (C=O) groups excluding carboxylic acids is 1. The number of nitrogens with one attached hydrogen (secondary N) is 1. The van der Waals surface area contributed by atoms with Gasteiger partial charge in [-0.15, -0.1) is 0 Å². The summed E-state index contributed by atoms with van der Waals surface area (Å²) in [6, 6.07) is 16.9. The molecule has 0 aliphatic rings. The second-order valence-electron chi connectivity index (χ2n) is 5.57. The highest BCUT2D eigenvalue weighted by molar-refractivity contribution is 5.99. The fourth-order valence-corrected chi connectivity index (χ4v) is 2.48. The number of methoxy groups -OCH3 is 1. The second-order valence-corrected chi connectivity index (χ2v) is 5.57. The van der Waals surface area contributed by atoms with Gasteiger partial charge < -0.3 is 9.84 Å². The number of hydrogen-bond acceptors (Lipinski definition) is 4. The molecule has 0 atom stereocenters. The fraction of sp³-hybridized carbons (Fsp3) is 0.0500. The van der Waals surface area contributed by atoms with E-state index >= 15 is 0 Å². The van der Waals surface area contributed by atoms with Crippen molar-refractivity contribution in [3.05, 3.63) is 78.6 Å². The molecule has 2 aromatic carbocycles. The standard InChI is InChI=1S/C20H17N3O4/c1-27-18-8-4-16(5-9-18)19(24)22-23(20(25)26)17-6-2-14(3-7-17)15-10-12-21-13-11-15/h2-13H,1H3,(H,22,24)(H,25,26). The predicted octanol–water partition coefficient (Wildman–Crippen LogP) is 3.59. The normalized spacial score (nSPS) is 10.1. The average Bonchev–Trinajstić information content (AvgIpc) is 2.72. The van der Waals surface area contributed by atoms with Crippen molar-refractivity contribution in [2.75, 3.05) is 12.1 Å². The van der Waals surface area contributed by atoms with Gasteiger partial charge in [-0.3, -0.25) is 15.2 Å². The third-order valence-corrected chi connectivity index (χ3v) is 3.90. The van der Waals surface area contributed by atoms with Crippen molar-refractivity contribution in [3.8, 4) is 16.9 Å². The molecular weight excluding hydrogens is 346 g/mol. The highest BCUT2D eigenvalue weighted by Gasteiger charge is 2.18. The Bertz CT molecular complexity index is 926.